The van der Waals surface area contributed by atoms with Crippen molar-refractivity contribution in [2.45, 2.75) is 29.4 Å². The van der Waals surface area contributed by atoms with Gasteiger partial charge < -0.3 is 0 Å². The highest BCUT2D eigenvalue weighted by atomic mass is 33.1. The molecule has 0 atom stereocenters. The lowest BCUT2D eigenvalue weighted by molar-refractivity contribution is 0.346. The van der Waals surface area contributed by atoms with E-state index in [-0.39, 0.29) is 0 Å². The van der Waals surface area contributed by atoms with E-state index in [1.165, 1.54) is 0 Å². The van der Waals surface area contributed by atoms with Gasteiger partial charge in [-0.25, -0.2) is 0 Å². The molecule has 2 aromatic rings. The summed E-state index contributed by atoms with van der Waals surface area (Å²) in [5.41, 5.74) is 0. The SMILES string of the molecule is FS(F)(F)(F)(F)c1cccc(S(F)(F)(F)(F)F)c1SSc1c(S(F)(F)(F)(F)F)cccc1S(F)(F)(F)(F)F. The van der Waals surface area contributed by atoms with Crippen molar-refractivity contribution in [1.29, 1.82) is 0 Å². The standard InChI is InChI=1S/C12H6F20S6/c13-35(14,15,16,17)7-3-1-4-8(36(18,19,20,21)22)11(7)33-34-12-9(37(23,24,25,26)27)5-2-6-10(12)38(28,29,30,31)32/h1-6H. The molecule has 0 N–H and O–H groups in total. The first-order valence-electron chi connectivity index (χ1n) is 7.97. The molecule has 0 amide bonds. The van der Waals surface area contributed by atoms with E-state index >= 15 is 0 Å². The zero-order chi connectivity index (χ0) is 30.8. The fourth-order valence-corrected chi connectivity index (χ4v) is 11.1. The lowest BCUT2D eigenvalue weighted by Gasteiger charge is -2.46. The minimum atomic E-state index is -11.6. The van der Waals surface area contributed by atoms with E-state index < -0.39 is 128 Å². The monoisotopic (exact) mass is 722 g/mol. The first-order valence-corrected chi connectivity index (χ1v) is 17.9. The molecule has 0 bridgehead atoms. The van der Waals surface area contributed by atoms with Crippen LogP contribution in [0.25, 0.3) is 0 Å². The minimum Gasteiger partial charge on any atom is -0.0936 e. The molecule has 38 heavy (non-hydrogen) atoms. The molecule has 0 aromatic heterocycles. The van der Waals surface area contributed by atoms with E-state index in [0.29, 0.717) is 0 Å². The second kappa shape index (κ2) is 6.16. The van der Waals surface area contributed by atoms with Crippen LogP contribution in [-0.2, 0) is 0 Å². The van der Waals surface area contributed by atoms with Crippen molar-refractivity contribution in [2.75, 3.05) is 0 Å². The van der Waals surface area contributed by atoms with E-state index in [1.54, 1.807) is 0 Å². The van der Waals surface area contributed by atoms with Crippen LogP contribution in [-0.4, -0.2) is 0 Å². The van der Waals surface area contributed by atoms with Crippen LogP contribution in [0.2, 0.25) is 0 Å². The smallest absolute Gasteiger partial charge is 0.0936 e. The third-order valence-corrected chi connectivity index (χ3v) is 11.5. The average Bonchev–Trinajstić information content (AvgIpc) is 2.51. The molecule has 0 aliphatic carbocycles. The largest absolute Gasteiger partial charge is 0.311 e. The second-order valence-electron chi connectivity index (χ2n) is 7.21. The number of halogens is 20. The first-order chi connectivity index (χ1) is 15.4. The number of hydrogen-bond donors (Lipinski definition) is 0. The molecule has 230 valence electrons. The van der Waals surface area contributed by atoms with Gasteiger partial charge in [-0.3, -0.25) is 0 Å². The van der Waals surface area contributed by atoms with E-state index in [4.69, 9.17) is 0 Å². The second-order valence-corrected chi connectivity index (χ2v) is 18.9. The molecule has 0 saturated heterocycles. The van der Waals surface area contributed by atoms with Gasteiger partial charge in [0.15, 0.2) is 0 Å². The van der Waals surface area contributed by atoms with E-state index in [0.717, 1.165) is 0 Å². The lowest BCUT2D eigenvalue weighted by atomic mass is 10.4. The molecule has 0 aliphatic heterocycles. The zero-order valence-corrected chi connectivity index (χ0v) is 21.4. The molecular formula is C12H6F20S6. The molecule has 26 heteroatoms. The molecule has 0 saturated carbocycles. The van der Waals surface area contributed by atoms with Gasteiger partial charge in [0.2, 0.25) is 0 Å². The van der Waals surface area contributed by atoms with E-state index in [9.17, 15) is 77.7 Å². The zero-order valence-electron chi connectivity index (χ0n) is 16.5. The van der Waals surface area contributed by atoms with Crippen LogP contribution in [0.1, 0.15) is 0 Å². The Morgan fingerprint density at radius 1 is 0.316 bits per heavy atom. The summed E-state index contributed by atoms with van der Waals surface area (Å²) < 4.78 is 266. The molecule has 0 aliphatic rings. The summed E-state index contributed by atoms with van der Waals surface area (Å²) in [6.07, 6.45) is 0. The highest BCUT2D eigenvalue weighted by Crippen LogP contribution is 3.08. The van der Waals surface area contributed by atoms with Gasteiger partial charge in [-0.2, -0.15) is 0 Å². The topological polar surface area (TPSA) is 0 Å². The number of hydrogen-bond acceptors (Lipinski definition) is 2. The van der Waals surface area contributed by atoms with Crippen LogP contribution in [0.15, 0.2) is 65.8 Å². The summed E-state index contributed by atoms with van der Waals surface area (Å²) in [5.74, 6) is 0. The molecule has 0 nitrogen and oxygen atoms in total. The minimum absolute atomic E-state index is 0.669. The Morgan fingerprint density at radius 2 is 0.474 bits per heavy atom. The first kappa shape index (κ1) is 33.3. The highest BCUT2D eigenvalue weighted by molar-refractivity contribution is 8.77. The van der Waals surface area contributed by atoms with Crippen molar-refractivity contribution >= 4 is 62.5 Å². The van der Waals surface area contributed by atoms with Gasteiger partial charge in [-0.05, 0) is 45.9 Å². The molecule has 2 aromatic carbocycles. The van der Waals surface area contributed by atoms with Crippen molar-refractivity contribution in [3.63, 3.8) is 0 Å². The summed E-state index contributed by atoms with van der Waals surface area (Å²) in [7, 11) is -50.3. The van der Waals surface area contributed by atoms with Gasteiger partial charge in [-0.1, -0.05) is 89.8 Å². The van der Waals surface area contributed by atoms with Crippen LogP contribution in [0.5, 0.6) is 0 Å². The molecular weight excluding hydrogens is 716 g/mol. The van der Waals surface area contributed by atoms with Gasteiger partial charge in [0.1, 0.15) is 19.6 Å². The Kier molecular flexibility index (Phi) is 5.40. The van der Waals surface area contributed by atoms with Gasteiger partial charge in [0.25, 0.3) is 0 Å². The van der Waals surface area contributed by atoms with Crippen LogP contribution < -0.4 is 0 Å². The highest BCUT2D eigenvalue weighted by Gasteiger charge is 2.73. The van der Waals surface area contributed by atoms with E-state index in [2.05, 4.69) is 0 Å². The van der Waals surface area contributed by atoms with Gasteiger partial charge in [-0.15, -0.1) is 0 Å². The summed E-state index contributed by atoms with van der Waals surface area (Å²) >= 11 is 0. The van der Waals surface area contributed by atoms with Gasteiger partial charge >= 0.3 is 40.9 Å². The summed E-state index contributed by atoms with van der Waals surface area (Å²) in [5, 5.41) is 0. The number of rotatable bonds is 7. The molecule has 2 rings (SSSR count). The van der Waals surface area contributed by atoms with Crippen molar-refractivity contribution in [3.8, 4) is 0 Å². The fraction of sp³-hybridized carbons (Fsp3) is 0. The molecule has 0 fully saturated rings. The van der Waals surface area contributed by atoms with Crippen molar-refractivity contribution < 1.29 is 77.7 Å². The van der Waals surface area contributed by atoms with Gasteiger partial charge in [0, 0.05) is 0 Å². The maximum Gasteiger partial charge on any atom is 0.311 e. The Bertz CT molecular complexity index is 1140. The lowest BCUT2D eigenvalue weighted by Crippen LogP contribution is -2.14. The van der Waals surface area contributed by atoms with Crippen LogP contribution in [0.3, 0.4) is 0 Å². The average molecular weight is 723 g/mol. The Labute approximate surface area is 205 Å². The third-order valence-electron chi connectivity index (χ3n) is 3.76. The quantitative estimate of drug-likeness (QED) is 0.206. The number of benzene rings is 2. The van der Waals surface area contributed by atoms with Crippen LogP contribution in [0.4, 0.5) is 77.7 Å². The molecule has 0 radical (unpaired) electrons. The van der Waals surface area contributed by atoms with Crippen molar-refractivity contribution in [2.24, 2.45) is 0 Å². The maximum absolute atomic E-state index is 13.3. The normalized spacial score (nSPS) is 21.5. The summed E-state index contributed by atoms with van der Waals surface area (Å²) in [4.78, 5) is -22.6. The molecule has 0 spiro atoms. The molecule has 0 unspecified atom stereocenters. The Hall–Kier alpha value is -0.860. The van der Waals surface area contributed by atoms with Crippen LogP contribution >= 0.6 is 62.5 Å². The fourth-order valence-electron chi connectivity index (χ4n) is 2.45. The summed E-state index contributed by atoms with van der Waals surface area (Å²) in [6.45, 7) is 0. The predicted molar refractivity (Wildman–Crippen MR) is 110 cm³/mol. The Morgan fingerprint density at radius 3 is 0.605 bits per heavy atom. The third kappa shape index (κ3) is 7.87. The Balaban J connectivity index is 3.07. The van der Waals surface area contributed by atoms with Gasteiger partial charge in [0.05, 0.1) is 9.79 Å². The van der Waals surface area contributed by atoms with Crippen LogP contribution in [0, 0.1) is 0 Å². The summed E-state index contributed by atoms with van der Waals surface area (Å²) in [6, 6.07) is -5.40. The predicted octanol–water partition coefficient (Wildman–Crippen LogP) is 15.1. The van der Waals surface area contributed by atoms with Crippen molar-refractivity contribution in [3.05, 3.63) is 36.4 Å². The van der Waals surface area contributed by atoms with Crippen molar-refractivity contribution in [1.82, 2.24) is 0 Å². The molecule has 0 heterocycles. The maximum atomic E-state index is 13.3. The van der Waals surface area contributed by atoms with E-state index in [1.807, 2.05) is 0 Å².